The van der Waals surface area contributed by atoms with Crippen LogP contribution in [0.2, 0.25) is 0 Å². The van der Waals surface area contributed by atoms with Crippen molar-refractivity contribution in [3.63, 3.8) is 0 Å². The molecule has 4 aromatic heterocycles. The van der Waals surface area contributed by atoms with E-state index in [1.165, 1.54) is 0 Å². The van der Waals surface area contributed by atoms with E-state index in [1.54, 1.807) is 6.20 Å². The van der Waals surface area contributed by atoms with Crippen LogP contribution in [0.3, 0.4) is 0 Å². The number of fused-ring (bicyclic) bond motifs is 6. The normalized spacial score (nSPS) is 10.9. The Labute approximate surface area is 273 Å². The number of furan rings is 2. The standard InChI is InChI=1S/C29H16NO2.C11H8N.Ir/c1-2-8-18(9-3-1)24-16-19(14-15-30-24)27-28-22(20-10-4-6-12-25(20)31-28)17-23-21-11-5-7-13-26(21)32-29(23)27;1-2-6-10(7-3-1)11-8-4-5-9-12-11;/h1-8,10-17H;1-6,8-9H;/q2*-1;. The van der Waals surface area contributed by atoms with Crippen molar-refractivity contribution < 1.29 is 28.9 Å². The topological polar surface area (TPSA) is 52.1 Å². The van der Waals surface area contributed by atoms with Crippen LogP contribution in [-0.2, 0) is 20.1 Å². The maximum atomic E-state index is 6.40. The number of pyridine rings is 2. The number of benzene rings is 5. The smallest absolute Gasteiger partial charge is 0.147 e. The molecule has 45 heavy (non-hydrogen) atoms. The fraction of sp³-hybridized carbons (Fsp3) is 0. The first-order chi connectivity index (χ1) is 21.8. The Bertz CT molecular complexity index is 2260. The summed E-state index contributed by atoms with van der Waals surface area (Å²) in [6.07, 6.45) is 3.62. The third kappa shape index (κ3) is 5.33. The Hall–Kier alpha value is -5.35. The van der Waals surface area contributed by atoms with Crippen LogP contribution in [-0.4, -0.2) is 9.97 Å². The molecule has 0 aliphatic heterocycles. The average Bonchev–Trinajstić information content (AvgIpc) is 3.67. The summed E-state index contributed by atoms with van der Waals surface area (Å²) in [6.45, 7) is 0. The Kier molecular flexibility index (Phi) is 7.79. The second kappa shape index (κ2) is 12.3. The molecule has 5 heteroatoms. The van der Waals surface area contributed by atoms with Gasteiger partial charge in [0, 0.05) is 54.0 Å². The van der Waals surface area contributed by atoms with Crippen molar-refractivity contribution in [2.45, 2.75) is 0 Å². The Morgan fingerprint density at radius 2 is 1.02 bits per heavy atom. The fourth-order valence-electron chi connectivity index (χ4n) is 5.66. The molecule has 0 aliphatic rings. The number of hydrogen-bond acceptors (Lipinski definition) is 4. The summed E-state index contributed by atoms with van der Waals surface area (Å²) in [5, 5.41) is 4.36. The van der Waals surface area contributed by atoms with E-state index < -0.39 is 0 Å². The summed E-state index contributed by atoms with van der Waals surface area (Å²) < 4.78 is 12.8. The van der Waals surface area contributed by atoms with E-state index in [0.29, 0.717) is 0 Å². The van der Waals surface area contributed by atoms with Crippen LogP contribution in [0.4, 0.5) is 0 Å². The van der Waals surface area contributed by atoms with Gasteiger partial charge in [-0.3, -0.25) is 0 Å². The van der Waals surface area contributed by atoms with E-state index in [2.05, 4.69) is 46.4 Å². The minimum atomic E-state index is 0. The molecule has 0 N–H and O–H groups in total. The molecule has 1 radical (unpaired) electrons. The first kappa shape index (κ1) is 28.4. The van der Waals surface area contributed by atoms with E-state index in [4.69, 9.17) is 8.83 Å². The Morgan fingerprint density at radius 1 is 0.467 bits per heavy atom. The molecule has 0 saturated carbocycles. The molecule has 0 fully saturated rings. The molecule has 0 unspecified atom stereocenters. The summed E-state index contributed by atoms with van der Waals surface area (Å²) >= 11 is 0. The summed E-state index contributed by atoms with van der Waals surface area (Å²) in [4.78, 5) is 8.81. The number of nitrogens with zero attached hydrogens (tertiary/aromatic N) is 2. The van der Waals surface area contributed by atoms with Crippen LogP contribution in [0.5, 0.6) is 0 Å². The Morgan fingerprint density at radius 3 is 1.60 bits per heavy atom. The van der Waals surface area contributed by atoms with Gasteiger partial charge in [-0.15, -0.1) is 71.8 Å². The molecule has 5 aromatic carbocycles. The largest absolute Gasteiger partial charge is 0.455 e. The maximum Gasteiger partial charge on any atom is 0.147 e. The summed E-state index contributed by atoms with van der Waals surface area (Å²) in [7, 11) is 0. The van der Waals surface area contributed by atoms with Gasteiger partial charge in [0.25, 0.3) is 0 Å². The maximum absolute atomic E-state index is 6.40. The zero-order chi connectivity index (χ0) is 29.3. The van der Waals surface area contributed by atoms with Gasteiger partial charge in [0.15, 0.2) is 0 Å². The van der Waals surface area contributed by atoms with Gasteiger partial charge in [-0.2, -0.15) is 0 Å². The average molecular weight is 757 g/mol. The number of rotatable bonds is 3. The molecule has 0 aliphatic carbocycles. The van der Waals surface area contributed by atoms with Crippen LogP contribution >= 0.6 is 0 Å². The quantitative estimate of drug-likeness (QED) is 0.169. The molecular formula is C40H24IrN2O2-2. The van der Waals surface area contributed by atoms with E-state index in [9.17, 15) is 0 Å². The van der Waals surface area contributed by atoms with Crippen molar-refractivity contribution in [2.24, 2.45) is 0 Å². The summed E-state index contributed by atoms with van der Waals surface area (Å²) in [5.41, 5.74) is 9.16. The zero-order valence-electron chi connectivity index (χ0n) is 23.9. The van der Waals surface area contributed by atoms with Gasteiger partial charge in [-0.05, 0) is 47.3 Å². The minimum Gasteiger partial charge on any atom is -0.455 e. The molecule has 0 spiro atoms. The molecule has 4 nitrogen and oxygen atoms in total. The molecule has 0 saturated heterocycles. The van der Waals surface area contributed by atoms with Gasteiger partial charge in [-0.25, -0.2) is 0 Å². The summed E-state index contributed by atoms with van der Waals surface area (Å²) in [5.74, 6) is 0. The van der Waals surface area contributed by atoms with Crippen LogP contribution in [0.25, 0.3) is 77.5 Å². The molecule has 0 amide bonds. The van der Waals surface area contributed by atoms with Gasteiger partial charge in [-0.1, -0.05) is 54.6 Å². The predicted octanol–water partition coefficient (Wildman–Crippen LogP) is 10.6. The Balaban J connectivity index is 0.000000211. The molecular weight excluding hydrogens is 733 g/mol. The van der Waals surface area contributed by atoms with Crippen molar-refractivity contribution in [1.82, 2.24) is 9.97 Å². The van der Waals surface area contributed by atoms with Crippen LogP contribution in [0, 0.1) is 12.1 Å². The summed E-state index contributed by atoms with van der Waals surface area (Å²) in [6, 6.07) is 50.6. The van der Waals surface area contributed by atoms with E-state index >= 15 is 0 Å². The predicted molar refractivity (Wildman–Crippen MR) is 177 cm³/mol. The minimum absolute atomic E-state index is 0. The van der Waals surface area contributed by atoms with Gasteiger partial charge < -0.3 is 18.8 Å². The van der Waals surface area contributed by atoms with Gasteiger partial charge in [0.05, 0.1) is 5.56 Å². The van der Waals surface area contributed by atoms with Crippen LogP contribution in [0.1, 0.15) is 0 Å². The van der Waals surface area contributed by atoms with Crippen molar-refractivity contribution in [1.29, 1.82) is 0 Å². The molecule has 4 heterocycles. The van der Waals surface area contributed by atoms with E-state index in [1.807, 2.05) is 115 Å². The SMILES string of the molecule is [Ir].[c-]1ccccc1-c1cc(-c2c3oc4ccccc4c3cc3c2oc2ccccc23)ccn1.[c-]1ccccc1-c1ccccn1. The third-order valence-electron chi connectivity index (χ3n) is 7.69. The first-order valence-electron chi connectivity index (χ1n) is 14.4. The molecule has 0 bridgehead atoms. The molecule has 0 atom stereocenters. The second-order valence-corrected chi connectivity index (χ2v) is 10.4. The van der Waals surface area contributed by atoms with Crippen molar-refractivity contribution in [3.05, 3.63) is 158 Å². The zero-order valence-corrected chi connectivity index (χ0v) is 26.3. The number of hydrogen-bond donors (Lipinski definition) is 0. The van der Waals surface area contributed by atoms with Crippen molar-refractivity contribution in [2.75, 3.05) is 0 Å². The second-order valence-electron chi connectivity index (χ2n) is 10.4. The number of para-hydroxylation sites is 2. The fourth-order valence-corrected chi connectivity index (χ4v) is 5.66. The molecule has 217 valence electrons. The number of aromatic nitrogens is 2. The molecule has 9 rings (SSSR count). The van der Waals surface area contributed by atoms with Crippen LogP contribution in [0.15, 0.2) is 155 Å². The van der Waals surface area contributed by atoms with Crippen LogP contribution < -0.4 is 0 Å². The van der Waals surface area contributed by atoms with Gasteiger partial charge in [0.2, 0.25) is 0 Å². The first-order valence-corrected chi connectivity index (χ1v) is 14.4. The van der Waals surface area contributed by atoms with Crippen molar-refractivity contribution >= 4 is 43.9 Å². The van der Waals surface area contributed by atoms with Gasteiger partial charge >= 0.3 is 0 Å². The monoisotopic (exact) mass is 757 g/mol. The molecule has 9 aromatic rings. The third-order valence-corrected chi connectivity index (χ3v) is 7.69. The van der Waals surface area contributed by atoms with Gasteiger partial charge in [0.1, 0.15) is 22.3 Å². The van der Waals surface area contributed by atoms with E-state index in [0.717, 1.165) is 77.5 Å². The van der Waals surface area contributed by atoms with E-state index in [-0.39, 0.29) is 20.1 Å². The van der Waals surface area contributed by atoms with Crippen molar-refractivity contribution in [3.8, 4) is 33.6 Å².